The maximum Gasteiger partial charge on any atom is 0.305 e. The van der Waals surface area contributed by atoms with Crippen LogP contribution in [0.4, 0.5) is 0 Å². The molecule has 48 heavy (non-hydrogen) atoms. The fourth-order valence-electron chi connectivity index (χ4n) is 6.65. The van der Waals surface area contributed by atoms with E-state index in [1.807, 2.05) is 27.7 Å². The summed E-state index contributed by atoms with van der Waals surface area (Å²) in [5.74, 6) is -1.71. The molecule has 4 unspecified atom stereocenters. The Labute approximate surface area is 283 Å². The van der Waals surface area contributed by atoms with E-state index in [0.717, 1.165) is 38.5 Å². The number of nitrogens with zero attached hydrogens (tertiary/aromatic N) is 6. The van der Waals surface area contributed by atoms with Crippen LogP contribution in [0.25, 0.3) is 20.9 Å². The summed E-state index contributed by atoms with van der Waals surface area (Å²) in [6.07, 6.45) is 5.04. The van der Waals surface area contributed by atoms with Gasteiger partial charge < -0.3 is 37.9 Å². The van der Waals surface area contributed by atoms with Gasteiger partial charge in [-0.25, -0.2) is 0 Å². The van der Waals surface area contributed by atoms with Gasteiger partial charge in [0.15, 0.2) is 11.6 Å². The zero-order valence-electron chi connectivity index (χ0n) is 29.6. The van der Waals surface area contributed by atoms with E-state index in [0.29, 0.717) is 12.8 Å². The van der Waals surface area contributed by atoms with Crippen molar-refractivity contribution in [2.24, 2.45) is 22.1 Å². The van der Waals surface area contributed by atoms with Crippen LogP contribution in [0.5, 0.6) is 0 Å². The first kappa shape index (κ1) is 39.8. The van der Waals surface area contributed by atoms with Crippen molar-refractivity contribution in [1.29, 1.82) is 0 Å². The highest BCUT2D eigenvalue weighted by Crippen LogP contribution is 2.45. The van der Waals surface area contributed by atoms with Crippen LogP contribution in [0.1, 0.15) is 92.9 Å². The van der Waals surface area contributed by atoms with Crippen LogP contribution in [0.2, 0.25) is 0 Å². The number of carbonyl (C=O) groups is 2. The number of hydrogen-bond donors (Lipinski definition) is 0. The number of azide groups is 2. The van der Waals surface area contributed by atoms with E-state index in [4.69, 9.17) is 49.0 Å². The van der Waals surface area contributed by atoms with Crippen LogP contribution in [0.15, 0.2) is 10.2 Å². The Morgan fingerprint density at radius 2 is 1.06 bits per heavy atom. The maximum atomic E-state index is 11.7. The van der Waals surface area contributed by atoms with E-state index in [1.165, 1.54) is 14.2 Å². The largest absolute Gasteiger partial charge is 0.469 e. The zero-order chi connectivity index (χ0) is 35.5. The standard InChI is InChI=1S/2C16H27N3O5/c2*1-5-6-7-10(8-12(20)21-4)13-15(22-13)14-11(9-18-19-17)23-16(2,3)24-14/h2*10-11,13-15H,5-9H2,1-4H3/t10-,11?,13+,14-,15?;10-,11?,13-,14-,15?/m11/s1. The highest BCUT2D eigenvalue weighted by atomic mass is 16.8. The van der Waals surface area contributed by atoms with Crippen molar-refractivity contribution < 1.29 is 47.5 Å². The number of hydrogen-bond acceptors (Lipinski definition) is 12. The molecule has 0 aromatic rings. The van der Waals surface area contributed by atoms with Crippen LogP contribution in [0.3, 0.4) is 0 Å². The third kappa shape index (κ3) is 11.7. The fraction of sp³-hybridized carbons (Fsp3) is 0.938. The van der Waals surface area contributed by atoms with Crippen LogP contribution >= 0.6 is 0 Å². The molecule has 272 valence electrons. The molecule has 4 saturated heterocycles. The van der Waals surface area contributed by atoms with Gasteiger partial charge in [-0.05, 0) is 63.4 Å². The molecule has 0 spiro atoms. The molecule has 4 aliphatic heterocycles. The van der Waals surface area contributed by atoms with E-state index in [2.05, 4.69) is 33.9 Å². The highest BCUT2D eigenvalue weighted by Gasteiger charge is 2.58. The smallest absolute Gasteiger partial charge is 0.305 e. The molecule has 4 aliphatic rings. The molecule has 0 bridgehead atoms. The minimum Gasteiger partial charge on any atom is -0.469 e. The molecule has 4 heterocycles. The summed E-state index contributed by atoms with van der Waals surface area (Å²) in [6, 6.07) is 0. The Balaban J connectivity index is 0.000000260. The number of rotatable bonds is 18. The molecular weight excluding hydrogens is 628 g/mol. The lowest BCUT2D eigenvalue weighted by atomic mass is 9.91. The summed E-state index contributed by atoms with van der Waals surface area (Å²) in [4.78, 5) is 28.9. The topological polar surface area (TPSA) is 212 Å². The lowest BCUT2D eigenvalue weighted by Crippen LogP contribution is -2.33. The number of esters is 2. The molecule has 4 rings (SSSR count). The van der Waals surface area contributed by atoms with Crippen LogP contribution in [-0.4, -0.2) is 99.7 Å². The lowest BCUT2D eigenvalue weighted by Gasteiger charge is -2.17. The highest BCUT2D eigenvalue weighted by molar-refractivity contribution is 5.70. The van der Waals surface area contributed by atoms with Gasteiger partial charge in [0, 0.05) is 9.82 Å². The van der Waals surface area contributed by atoms with E-state index < -0.39 is 11.6 Å². The SMILES string of the molecule is CCCC[C@H](CC(=O)OC)[C@@H]1OC1[C@@H]1OC(C)(C)OC1CN=[N+]=[N-].CCCC[C@H](CC(=O)OC)[C@H]1OC1[C@@H]1OC(C)(C)OC1CN=[N+]=[N-]. The summed E-state index contributed by atoms with van der Waals surface area (Å²) in [6.45, 7) is 12.0. The first-order valence-corrected chi connectivity index (χ1v) is 17.0. The molecule has 0 radical (unpaired) electrons. The summed E-state index contributed by atoms with van der Waals surface area (Å²) >= 11 is 0. The van der Waals surface area contributed by atoms with Crippen molar-refractivity contribution in [3.8, 4) is 0 Å². The number of unbranched alkanes of at least 4 members (excludes halogenated alkanes) is 2. The maximum absolute atomic E-state index is 11.7. The minimum absolute atomic E-state index is 0.0493. The Morgan fingerprint density at radius 1 is 0.688 bits per heavy atom. The second-order valence-corrected chi connectivity index (χ2v) is 13.6. The van der Waals surface area contributed by atoms with Gasteiger partial charge in [-0.1, -0.05) is 49.8 Å². The molecule has 16 nitrogen and oxygen atoms in total. The zero-order valence-corrected chi connectivity index (χ0v) is 29.6. The third-order valence-corrected chi connectivity index (χ3v) is 8.96. The third-order valence-electron chi connectivity index (χ3n) is 8.96. The molecule has 16 heteroatoms. The second-order valence-electron chi connectivity index (χ2n) is 13.6. The summed E-state index contributed by atoms with van der Waals surface area (Å²) in [5, 5.41) is 7.21. The fourth-order valence-corrected chi connectivity index (χ4v) is 6.65. The van der Waals surface area contributed by atoms with Gasteiger partial charge >= 0.3 is 11.9 Å². The minimum atomic E-state index is -0.738. The first-order chi connectivity index (χ1) is 22.8. The average molecular weight is 683 g/mol. The van der Waals surface area contributed by atoms with Crippen LogP contribution in [0, 0.1) is 11.8 Å². The van der Waals surface area contributed by atoms with E-state index in [1.54, 1.807) is 0 Å². The van der Waals surface area contributed by atoms with Crippen molar-refractivity contribution in [3.05, 3.63) is 20.9 Å². The van der Waals surface area contributed by atoms with Crippen molar-refractivity contribution in [2.75, 3.05) is 27.3 Å². The van der Waals surface area contributed by atoms with Gasteiger partial charge in [-0.15, -0.1) is 0 Å². The Morgan fingerprint density at radius 3 is 1.38 bits per heavy atom. The Bertz CT molecular complexity index is 1070. The molecule has 10 atom stereocenters. The molecule has 0 saturated carbocycles. The normalized spacial score (nSPS) is 32.0. The van der Waals surface area contributed by atoms with Crippen LogP contribution in [-0.2, 0) is 47.5 Å². The second kappa shape index (κ2) is 18.4. The quantitative estimate of drug-likeness (QED) is 0.0548. The molecule has 0 aromatic heterocycles. The lowest BCUT2D eigenvalue weighted by molar-refractivity contribution is -0.147. The molecule has 0 aliphatic carbocycles. The van der Waals surface area contributed by atoms with Gasteiger partial charge in [0.25, 0.3) is 0 Å². The van der Waals surface area contributed by atoms with Crippen molar-refractivity contribution in [2.45, 2.75) is 153 Å². The van der Waals surface area contributed by atoms with Gasteiger partial charge in [-0.2, -0.15) is 0 Å². The van der Waals surface area contributed by atoms with E-state index >= 15 is 0 Å². The molecule has 0 N–H and O–H groups in total. The molecule has 4 fully saturated rings. The number of carbonyl (C=O) groups excluding carboxylic acids is 2. The Hall–Kier alpha value is -2.68. The summed E-state index contributed by atoms with van der Waals surface area (Å²) in [7, 11) is 2.80. The monoisotopic (exact) mass is 682 g/mol. The van der Waals surface area contributed by atoms with Crippen LogP contribution < -0.4 is 0 Å². The Kier molecular flexibility index (Phi) is 15.2. The van der Waals surface area contributed by atoms with Crippen molar-refractivity contribution in [3.63, 3.8) is 0 Å². The van der Waals surface area contributed by atoms with Crippen molar-refractivity contribution in [1.82, 2.24) is 0 Å². The molecular formula is C32H54N6O10. The summed E-state index contributed by atoms with van der Waals surface area (Å²) < 4.78 is 44.9. The molecule has 0 aromatic carbocycles. The first-order valence-electron chi connectivity index (χ1n) is 17.0. The average Bonchev–Trinajstić information content (AvgIpc) is 3.96. The van der Waals surface area contributed by atoms with Gasteiger partial charge in [0.2, 0.25) is 0 Å². The predicted octanol–water partition coefficient (Wildman–Crippen LogP) is 5.91. The van der Waals surface area contributed by atoms with Gasteiger partial charge in [-0.3, -0.25) is 9.59 Å². The number of ether oxygens (including phenoxy) is 8. The predicted molar refractivity (Wildman–Crippen MR) is 172 cm³/mol. The number of methoxy groups -OCH3 is 2. The summed E-state index contributed by atoms with van der Waals surface area (Å²) in [5.41, 5.74) is 17.1. The van der Waals surface area contributed by atoms with E-state index in [-0.39, 0.29) is 85.7 Å². The van der Waals surface area contributed by atoms with Crippen molar-refractivity contribution >= 4 is 11.9 Å². The number of epoxide rings is 2. The van der Waals surface area contributed by atoms with Gasteiger partial charge in [0.05, 0.1) is 64.6 Å². The van der Waals surface area contributed by atoms with Gasteiger partial charge in [0.1, 0.15) is 24.4 Å². The van der Waals surface area contributed by atoms with E-state index in [9.17, 15) is 9.59 Å². The molecule has 0 amide bonds.